The van der Waals surface area contributed by atoms with E-state index in [9.17, 15) is 8.42 Å². The molecule has 29 heavy (non-hydrogen) atoms. The van der Waals surface area contributed by atoms with E-state index in [-0.39, 0.29) is 0 Å². The molecule has 0 saturated heterocycles. The van der Waals surface area contributed by atoms with Gasteiger partial charge in [0.15, 0.2) is 0 Å². The number of rotatable bonds is 6. The van der Waals surface area contributed by atoms with Crippen LogP contribution in [0.5, 0.6) is 0 Å². The Morgan fingerprint density at radius 1 is 1.00 bits per heavy atom. The van der Waals surface area contributed by atoms with Gasteiger partial charge in [0, 0.05) is 30.1 Å². The Bertz CT molecular complexity index is 1250. The largest absolute Gasteiger partial charge is 0.242 e. The van der Waals surface area contributed by atoms with Gasteiger partial charge >= 0.3 is 0 Å². The molecule has 0 amide bonds. The zero-order valence-electron chi connectivity index (χ0n) is 15.9. The van der Waals surface area contributed by atoms with Crippen LogP contribution in [0.1, 0.15) is 5.56 Å². The standard InChI is InChI=1S/C21H19N3O2S3/c1-24(2)29(25,26)17-10-6-7-15(11-17)13-27-20-18-12-19(16-8-4-3-5-9-16)28-21(18)23-14-22-20/h3-12,14H,13H2,1-2H3. The molecule has 0 bridgehead atoms. The normalized spacial score (nSPS) is 12.0. The number of thioether (sulfide) groups is 1. The van der Waals surface area contributed by atoms with Crippen LogP contribution in [0.25, 0.3) is 20.7 Å². The van der Waals surface area contributed by atoms with E-state index >= 15 is 0 Å². The van der Waals surface area contributed by atoms with E-state index in [2.05, 4.69) is 28.2 Å². The number of nitrogens with zero attached hydrogens (tertiary/aromatic N) is 3. The lowest BCUT2D eigenvalue weighted by Gasteiger charge is -2.12. The molecule has 4 rings (SSSR count). The first-order valence-electron chi connectivity index (χ1n) is 8.89. The van der Waals surface area contributed by atoms with E-state index in [1.54, 1.807) is 47.6 Å². The van der Waals surface area contributed by atoms with Gasteiger partial charge in [0.25, 0.3) is 0 Å². The van der Waals surface area contributed by atoms with Gasteiger partial charge in [0.2, 0.25) is 10.0 Å². The molecular formula is C21H19N3O2S3. The number of sulfonamides is 1. The quantitative estimate of drug-likeness (QED) is 0.315. The van der Waals surface area contributed by atoms with Crippen molar-refractivity contribution < 1.29 is 8.42 Å². The van der Waals surface area contributed by atoms with E-state index in [0.29, 0.717) is 10.6 Å². The highest BCUT2D eigenvalue weighted by Gasteiger charge is 2.17. The minimum atomic E-state index is -3.44. The van der Waals surface area contributed by atoms with Crippen molar-refractivity contribution in [1.29, 1.82) is 0 Å². The molecule has 0 fully saturated rings. The Labute approximate surface area is 178 Å². The first-order valence-corrected chi connectivity index (χ1v) is 12.1. The van der Waals surface area contributed by atoms with Gasteiger partial charge in [-0.2, -0.15) is 0 Å². The first-order chi connectivity index (χ1) is 13.9. The lowest BCUT2D eigenvalue weighted by Crippen LogP contribution is -2.22. The summed E-state index contributed by atoms with van der Waals surface area (Å²) in [6.07, 6.45) is 1.59. The number of hydrogen-bond donors (Lipinski definition) is 0. The molecule has 5 nitrogen and oxygen atoms in total. The predicted octanol–water partition coefficient (Wildman–Crippen LogP) is 4.90. The van der Waals surface area contributed by atoms with Gasteiger partial charge in [-0.25, -0.2) is 22.7 Å². The van der Waals surface area contributed by atoms with E-state index in [4.69, 9.17) is 0 Å². The third kappa shape index (κ3) is 4.20. The summed E-state index contributed by atoms with van der Waals surface area (Å²) in [4.78, 5) is 11.3. The minimum absolute atomic E-state index is 0.301. The molecular weight excluding hydrogens is 422 g/mol. The lowest BCUT2D eigenvalue weighted by molar-refractivity contribution is 0.520. The second-order valence-electron chi connectivity index (χ2n) is 6.60. The summed E-state index contributed by atoms with van der Waals surface area (Å²) in [6.45, 7) is 0. The van der Waals surface area contributed by atoms with Crippen molar-refractivity contribution in [2.24, 2.45) is 0 Å². The molecule has 2 heterocycles. The van der Waals surface area contributed by atoms with Gasteiger partial charge in [0.1, 0.15) is 16.2 Å². The SMILES string of the molecule is CN(C)S(=O)(=O)c1cccc(CSc2ncnc3sc(-c4ccccc4)cc23)c1. The topological polar surface area (TPSA) is 63.2 Å². The van der Waals surface area contributed by atoms with Crippen LogP contribution in [-0.4, -0.2) is 36.8 Å². The Morgan fingerprint density at radius 3 is 2.55 bits per heavy atom. The highest BCUT2D eigenvalue weighted by atomic mass is 32.2. The summed E-state index contributed by atoms with van der Waals surface area (Å²) < 4.78 is 26.0. The van der Waals surface area contributed by atoms with E-state index in [1.165, 1.54) is 18.4 Å². The summed E-state index contributed by atoms with van der Waals surface area (Å²) in [5.74, 6) is 0.624. The zero-order chi connectivity index (χ0) is 20.4. The molecule has 0 unspecified atom stereocenters. The average molecular weight is 442 g/mol. The van der Waals surface area contributed by atoms with Crippen LogP contribution >= 0.6 is 23.1 Å². The molecule has 0 radical (unpaired) electrons. The van der Waals surface area contributed by atoms with Crippen LogP contribution in [0, 0.1) is 0 Å². The highest BCUT2D eigenvalue weighted by Crippen LogP contribution is 2.37. The maximum atomic E-state index is 12.4. The van der Waals surface area contributed by atoms with Crippen molar-refractivity contribution in [1.82, 2.24) is 14.3 Å². The third-order valence-corrected chi connectivity index (χ3v) is 8.38. The molecule has 2 aromatic heterocycles. The van der Waals surface area contributed by atoms with Crippen LogP contribution in [0.3, 0.4) is 0 Å². The number of hydrogen-bond acceptors (Lipinski definition) is 6. The summed E-state index contributed by atoms with van der Waals surface area (Å²) in [5, 5.41) is 1.92. The molecule has 148 valence electrons. The number of benzene rings is 2. The maximum Gasteiger partial charge on any atom is 0.242 e. The monoisotopic (exact) mass is 441 g/mol. The number of aromatic nitrogens is 2. The molecule has 0 atom stereocenters. The van der Waals surface area contributed by atoms with Crippen LogP contribution in [0.15, 0.2) is 76.9 Å². The molecule has 8 heteroatoms. The fraction of sp³-hybridized carbons (Fsp3) is 0.143. The van der Waals surface area contributed by atoms with Crippen LogP contribution in [0.2, 0.25) is 0 Å². The Kier molecular flexibility index (Phi) is 5.69. The van der Waals surface area contributed by atoms with Crippen molar-refractivity contribution >= 4 is 43.3 Å². The lowest BCUT2D eigenvalue weighted by atomic mass is 10.2. The van der Waals surface area contributed by atoms with Gasteiger partial charge in [0.05, 0.1) is 4.90 Å². The minimum Gasteiger partial charge on any atom is -0.229 e. The van der Waals surface area contributed by atoms with Crippen molar-refractivity contribution in [3.8, 4) is 10.4 Å². The second kappa shape index (κ2) is 8.23. The average Bonchev–Trinajstić information content (AvgIpc) is 3.18. The number of thiophene rings is 1. The number of fused-ring (bicyclic) bond motifs is 1. The van der Waals surface area contributed by atoms with Crippen molar-refractivity contribution in [3.63, 3.8) is 0 Å². The van der Waals surface area contributed by atoms with Crippen molar-refractivity contribution in [3.05, 3.63) is 72.6 Å². The Hall–Kier alpha value is -2.26. The highest BCUT2D eigenvalue weighted by molar-refractivity contribution is 7.98. The molecule has 4 aromatic rings. The second-order valence-corrected chi connectivity index (χ2v) is 10.7. The Balaban J connectivity index is 1.60. The molecule has 2 aromatic carbocycles. The van der Waals surface area contributed by atoms with E-state index < -0.39 is 10.0 Å². The van der Waals surface area contributed by atoms with E-state index in [1.807, 2.05) is 24.3 Å². The van der Waals surface area contributed by atoms with Crippen molar-refractivity contribution in [2.75, 3.05) is 14.1 Å². The van der Waals surface area contributed by atoms with Crippen molar-refractivity contribution in [2.45, 2.75) is 15.7 Å². The summed E-state index contributed by atoms with van der Waals surface area (Å²) in [5.41, 5.74) is 2.09. The predicted molar refractivity (Wildman–Crippen MR) is 120 cm³/mol. The molecule has 0 aliphatic carbocycles. The summed E-state index contributed by atoms with van der Waals surface area (Å²) in [6, 6.07) is 19.4. The van der Waals surface area contributed by atoms with Gasteiger partial charge in [-0.05, 0) is 29.3 Å². The fourth-order valence-corrected chi connectivity index (χ4v) is 5.81. The zero-order valence-corrected chi connectivity index (χ0v) is 18.4. The Morgan fingerprint density at radius 2 is 1.79 bits per heavy atom. The van der Waals surface area contributed by atoms with Crippen LogP contribution in [-0.2, 0) is 15.8 Å². The molecule has 0 N–H and O–H groups in total. The summed E-state index contributed by atoms with van der Waals surface area (Å²) >= 11 is 3.23. The van der Waals surface area contributed by atoms with Gasteiger partial charge in [-0.1, -0.05) is 42.5 Å². The molecule has 0 aliphatic heterocycles. The fourth-order valence-electron chi connectivity index (χ4n) is 2.85. The smallest absolute Gasteiger partial charge is 0.229 e. The van der Waals surface area contributed by atoms with Crippen LogP contribution < -0.4 is 0 Å². The first kappa shape index (κ1) is 20.0. The van der Waals surface area contributed by atoms with Gasteiger partial charge in [-0.15, -0.1) is 23.1 Å². The van der Waals surface area contributed by atoms with Crippen LogP contribution in [0.4, 0.5) is 0 Å². The third-order valence-electron chi connectivity index (χ3n) is 4.40. The van der Waals surface area contributed by atoms with Gasteiger partial charge < -0.3 is 0 Å². The molecule has 0 saturated carbocycles. The molecule has 0 spiro atoms. The molecule has 0 aliphatic rings. The summed E-state index contributed by atoms with van der Waals surface area (Å²) in [7, 11) is -0.370. The maximum absolute atomic E-state index is 12.4. The van der Waals surface area contributed by atoms with Gasteiger partial charge in [-0.3, -0.25) is 0 Å². The van der Waals surface area contributed by atoms with E-state index in [0.717, 1.165) is 31.2 Å².